The van der Waals surface area contributed by atoms with Crippen molar-refractivity contribution in [1.82, 2.24) is 9.88 Å². The molecule has 0 radical (unpaired) electrons. The van der Waals surface area contributed by atoms with Crippen LogP contribution < -0.4 is 9.47 Å². The van der Waals surface area contributed by atoms with Crippen LogP contribution in [0.4, 0.5) is 0 Å². The molecule has 0 spiro atoms. The Morgan fingerprint density at radius 1 is 0.969 bits per heavy atom. The Morgan fingerprint density at radius 3 is 2.44 bits per heavy atom. The molecule has 7 nitrogen and oxygen atoms in total. The van der Waals surface area contributed by atoms with E-state index >= 15 is 0 Å². The molecule has 0 aliphatic carbocycles. The second-order valence-corrected chi connectivity index (χ2v) is 7.55. The van der Waals surface area contributed by atoms with Crippen molar-refractivity contribution >= 4 is 17.4 Å². The molecule has 160 valence electrons. The Bertz CT molecular complexity index is 1210. The zero-order valence-corrected chi connectivity index (χ0v) is 17.1. The van der Waals surface area contributed by atoms with Gasteiger partial charge in [-0.1, -0.05) is 30.3 Å². The lowest BCUT2D eigenvalue weighted by molar-refractivity contribution is -0.140. The van der Waals surface area contributed by atoms with E-state index in [1.807, 2.05) is 30.3 Å². The van der Waals surface area contributed by atoms with Gasteiger partial charge < -0.3 is 19.5 Å². The molecule has 0 bridgehead atoms. The number of hydrogen-bond acceptors (Lipinski definition) is 6. The molecule has 32 heavy (non-hydrogen) atoms. The van der Waals surface area contributed by atoms with Crippen LogP contribution in [0, 0.1) is 0 Å². The fourth-order valence-corrected chi connectivity index (χ4v) is 4.06. The number of likely N-dealkylation sites (tertiary alicyclic amines) is 1. The molecule has 5 rings (SSSR count). The Hall–Kier alpha value is -4.13. The largest absolute Gasteiger partial charge is 0.507 e. The maximum absolute atomic E-state index is 13.1. The van der Waals surface area contributed by atoms with Crippen molar-refractivity contribution in [3.05, 3.63) is 95.3 Å². The van der Waals surface area contributed by atoms with Crippen molar-refractivity contribution in [1.29, 1.82) is 0 Å². The average molecular weight is 428 g/mol. The Morgan fingerprint density at radius 2 is 1.69 bits per heavy atom. The highest BCUT2D eigenvalue weighted by atomic mass is 16.6. The molecular weight excluding hydrogens is 408 g/mol. The van der Waals surface area contributed by atoms with E-state index in [1.165, 1.54) is 4.90 Å². The second kappa shape index (κ2) is 8.19. The number of aromatic nitrogens is 1. The van der Waals surface area contributed by atoms with Gasteiger partial charge in [0.1, 0.15) is 19.0 Å². The molecule has 1 N–H and O–H groups in total. The summed E-state index contributed by atoms with van der Waals surface area (Å²) < 4.78 is 11.1. The van der Waals surface area contributed by atoms with Crippen molar-refractivity contribution in [3.8, 4) is 11.5 Å². The zero-order valence-electron chi connectivity index (χ0n) is 17.1. The van der Waals surface area contributed by atoms with Gasteiger partial charge in [-0.15, -0.1) is 0 Å². The van der Waals surface area contributed by atoms with E-state index in [2.05, 4.69) is 4.98 Å². The summed E-state index contributed by atoms with van der Waals surface area (Å²) in [5, 5.41) is 11.2. The molecule has 1 atom stereocenters. The van der Waals surface area contributed by atoms with Crippen LogP contribution in [0.5, 0.6) is 11.5 Å². The average Bonchev–Trinajstić information content (AvgIpc) is 3.09. The summed E-state index contributed by atoms with van der Waals surface area (Å²) in [6.45, 7) is 1.08. The van der Waals surface area contributed by atoms with E-state index in [9.17, 15) is 14.7 Å². The van der Waals surface area contributed by atoms with Gasteiger partial charge in [-0.3, -0.25) is 14.6 Å². The third-order valence-corrected chi connectivity index (χ3v) is 5.57. The number of Topliss-reactive ketones (excluding diaryl/α,β-unsaturated/α-hetero) is 1. The van der Waals surface area contributed by atoms with Crippen molar-refractivity contribution < 1.29 is 24.2 Å². The Kier molecular flexibility index (Phi) is 5.07. The van der Waals surface area contributed by atoms with E-state index in [4.69, 9.17) is 9.47 Å². The van der Waals surface area contributed by atoms with Gasteiger partial charge in [-0.25, -0.2) is 0 Å². The molecule has 3 aromatic rings. The van der Waals surface area contributed by atoms with Gasteiger partial charge in [-0.2, -0.15) is 0 Å². The first-order chi connectivity index (χ1) is 15.6. The predicted molar refractivity (Wildman–Crippen MR) is 116 cm³/mol. The summed E-state index contributed by atoms with van der Waals surface area (Å²) in [6.07, 6.45) is 3.20. The van der Waals surface area contributed by atoms with Gasteiger partial charge >= 0.3 is 0 Å². The minimum Gasteiger partial charge on any atom is -0.507 e. The van der Waals surface area contributed by atoms with Crippen LogP contribution in [-0.4, -0.2) is 39.9 Å². The van der Waals surface area contributed by atoms with Crippen molar-refractivity contribution in [2.75, 3.05) is 13.2 Å². The monoisotopic (exact) mass is 428 g/mol. The van der Waals surface area contributed by atoms with E-state index in [0.29, 0.717) is 35.8 Å². The topological polar surface area (TPSA) is 89.0 Å². The number of carbonyl (C=O) groups is 2. The van der Waals surface area contributed by atoms with Crippen LogP contribution in [0.25, 0.3) is 5.76 Å². The lowest BCUT2D eigenvalue weighted by atomic mass is 9.95. The molecule has 1 saturated heterocycles. The number of aliphatic hydroxyl groups is 1. The summed E-state index contributed by atoms with van der Waals surface area (Å²) in [6, 6.07) is 17.1. The highest BCUT2D eigenvalue weighted by molar-refractivity contribution is 6.46. The van der Waals surface area contributed by atoms with E-state index < -0.39 is 17.7 Å². The minimum atomic E-state index is -0.744. The maximum Gasteiger partial charge on any atom is 0.295 e. The highest BCUT2D eigenvalue weighted by Crippen LogP contribution is 2.41. The number of ether oxygens (including phenoxy) is 2. The predicted octanol–water partition coefficient (Wildman–Crippen LogP) is 3.47. The minimum absolute atomic E-state index is 0.0359. The molecule has 0 saturated carbocycles. The third-order valence-electron chi connectivity index (χ3n) is 5.57. The quantitative estimate of drug-likeness (QED) is 0.389. The first kappa shape index (κ1) is 19.8. The van der Waals surface area contributed by atoms with Crippen LogP contribution in [0.1, 0.15) is 22.7 Å². The van der Waals surface area contributed by atoms with Crippen molar-refractivity contribution in [3.63, 3.8) is 0 Å². The molecule has 1 aromatic heterocycles. The van der Waals surface area contributed by atoms with Crippen LogP contribution in [-0.2, 0) is 16.1 Å². The van der Waals surface area contributed by atoms with Gasteiger partial charge in [0.25, 0.3) is 11.7 Å². The van der Waals surface area contributed by atoms with E-state index in [1.54, 1.807) is 42.7 Å². The zero-order chi connectivity index (χ0) is 22.1. The van der Waals surface area contributed by atoms with Crippen molar-refractivity contribution in [2.24, 2.45) is 0 Å². The molecule has 2 aromatic carbocycles. The summed E-state index contributed by atoms with van der Waals surface area (Å²) in [5.41, 5.74) is 1.99. The van der Waals surface area contributed by atoms with Gasteiger partial charge in [0.05, 0.1) is 11.6 Å². The highest BCUT2D eigenvalue weighted by Gasteiger charge is 2.46. The summed E-state index contributed by atoms with van der Waals surface area (Å²) in [4.78, 5) is 31.7. The van der Waals surface area contributed by atoms with Crippen LogP contribution in [0.15, 0.2) is 78.6 Å². The number of hydrogen-bond donors (Lipinski definition) is 1. The van der Waals surface area contributed by atoms with Gasteiger partial charge in [-0.05, 0) is 41.5 Å². The molecule has 7 heteroatoms. The smallest absolute Gasteiger partial charge is 0.295 e. The summed E-state index contributed by atoms with van der Waals surface area (Å²) >= 11 is 0. The lowest BCUT2D eigenvalue weighted by Gasteiger charge is -2.25. The van der Waals surface area contributed by atoms with Gasteiger partial charge in [0.2, 0.25) is 0 Å². The van der Waals surface area contributed by atoms with E-state index in [-0.39, 0.29) is 17.9 Å². The molecule has 1 amide bonds. The summed E-state index contributed by atoms with van der Waals surface area (Å²) in [5.74, 6) is -0.579. The first-order valence-corrected chi connectivity index (χ1v) is 10.3. The molecule has 2 aliphatic heterocycles. The SMILES string of the molecule is O=C1C(=O)N(Cc2ccccc2)[C@@H](c2ccncc2)/C1=C(\O)c1ccc2c(c1)OCCO2. The first-order valence-electron chi connectivity index (χ1n) is 10.3. The molecule has 3 heterocycles. The number of ketones is 1. The molecule has 0 unspecified atom stereocenters. The normalized spacial score (nSPS) is 19.2. The third kappa shape index (κ3) is 3.47. The number of rotatable bonds is 4. The number of carbonyl (C=O) groups excluding carboxylic acids is 2. The number of amides is 1. The second-order valence-electron chi connectivity index (χ2n) is 7.55. The fraction of sp³-hybridized carbons (Fsp3) is 0.160. The van der Waals surface area contributed by atoms with Gasteiger partial charge in [0, 0.05) is 24.5 Å². The lowest BCUT2D eigenvalue weighted by Crippen LogP contribution is -2.29. The maximum atomic E-state index is 13.1. The van der Waals surface area contributed by atoms with Crippen LogP contribution in [0.3, 0.4) is 0 Å². The summed E-state index contributed by atoms with van der Waals surface area (Å²) in [7, 11) is 0. The molecule has 1 fully saturated rings. The Labute approximate surface area is 184 Å². The standard InChI is InChI=1S/C25H20N2O5/c28-23(18-6-7-19-20(14-18)32-13-12-31-19)21-22(17-8-10-26-11-9-17)27(25(30)24(21)29)15-16-4-2-1-3-5-16/h1-11,14,22,28H,12-13,15H2/b23-21+/t22-/m0/s1. The van der Waals surface area contributed by atoms with Gasteiger partial charge in [0.15, 0.2) is 11.5 Å². The van der Waals surface area contributed by atoms with Crippen molar-refractivity contribution in [2.45, 2.75) is 12.6 Å². The fourth-order valence-electron chi connectivity index (χ4n) is 4.06. The van der Waals surface area contributed by atoms with E-state index in [0.717, 1.165) is 5.56 Å². The van der Waals surface area contributed by atoms with Crippen LogP contribution in [0.2, 0.25) is 0 Å². The van der Waals surface area contributed by atoms with Crippen LogP contribution >= 0.6 is 0 Å². The number of fused-ring (bicyclic) bond motifs is 1. The number of pyridine rings is 1. The Balaban J connectivity index is 1.62. The molecule has 2 aliphatic rings. The number of benzene rings is 2. The number of nitrogens with zero attached hydrogens (tertiary/aromatic N) is 2. The number of aliphatic hydroxyl groups excluding tert-OH is 1. The molecular formula is C25H20N2O5.